The summed E-state index contributed by atoms with van der Waals surface area (Å²) < 4.78 is 6.66. The molecule has 0 aliphatic rings. The Labute approximate surface area is 214 Å². The van der Waals surface area contributed by atoms with Gasteiger partial charge in [0.2, 0.25) is 0 Å². The van der Waals surface area contributed by atoms with Gasteiger partial charge in [0.25, 0.3) is 11.5 Å². The lowest BCUT2D eigenvalue weighted by Gasteiger charge is -2.16. The zero-order valence-corrected chi connectivity index (χ0v) is 21.1. The van der Waals surface area contributed by atoms with Crippen molar-refractivity contribution in [3.63, 3.8) is 0 Å². The Kier molecular flexibility index (Phi) is 6.49. The Hall–Kier alpha value is -4.08. The Balaban J connectivity index is 1.42. The monoisotopic (exact) mass is 515 g/mol. The molecule has 0 saturated heterocycles. The fraction of sp³-hybridized carbons (Fsp3) is 0.111. The molecule has 36 heavy (non-hydrogen) atoms. The summed E-state index contributed by atoms with van der Waals surface area (Å²) in [6.45, 7) is 1.46. The van der Waals surface area contributed by atoms with Gasteiger partial charge in [-0.3, -0.25) is 14.9 Å². The minimum atomic E-state index is -0.760. The van der Waals surface area contributed by atoms with Gasteiger partial charge in [-0.15, -0.1) is 22.7 Å². The van der Waals surface area contributed by atoms with Gasteiger partial charge < -0.3 is 9.30 Å². The van der Waals surface area contributed by atoms with Gasteiger partial charge in [-0.1, -0.05) is 54.1 Å². The van der Waals surface area contributed by atoms with Gasteiger partial charge in [-0.2, -0.15) is 0 Å². The highest BCUT2D eigenvalue weighted by molar-refractivity contribution is 7.16. The number of nitrogens with zero attached hydrogens (tertiary/aromatic N) is 2. The van der Waals surface area contributed by atoms with Crippen LogP contribution in [0.4, 0.5) is 5.13 Å². The molecule has 3 heterocycles. The summed E-state index contributed by atoms with van der Waals surface area (Å²) in [5.74, 6) is -1.28. The Morgan fingerprint density at radius 2 is 1.75 bits per heavy atom. The summed E-state index contributed by atoms with van der Waals surface area (Å²) in [5, 5.41) is 8.03. The van der Waals surface area contributed by atoms with Crippen LogP contribution >= 0.6 is 22.7 Å². The number of rotatable bonds is 6. The number of esters is 1. The van der Waals surface area contributed by atoms with Crippen molar-refractivity contribution in [3.8, 4) is 21.7 Å². The lowest BCUT2D eigenvalue weighted by Crippen LogP contribution is -2.28. The summed E-state index contributed by atoms with van der Waals surface area (Å²) in [6.07, 6.45) is 0. The normalized spacial score (nSPS) is 10.9. The van der Waals surface area contributed by atoms with Crippen molar-refractivity contribution in [1.29, 1.82) is 0 Å². The second kappa shape index (κ2) is 9.88. The van der Waals surface area contributed by atoms with E-state index >= 15 is 0 Å². The molecule has 0 fully saturated rings. The Morgan fingerprint density at radius 1 is 1.00 bits per heavy atom. The van der Waals surface area contributed by atoms with Crippen LogP contribution < -0.4 is 10.9 Å². The van der Waals surface area contributed by atoms with Crippen molar-refractivity contribution in [2.45, 2.75) is 6.92 Å². The van der Waals surface area contributed by atoms with Crippen LogP contribution in [0.15, 0.2) is 76.2 Å². The average molecular weight is 516 g/mol. The largest absolute Gasteiger partial charge is 0.451 e. The molecular weight excluding hydrogens is 494 g/mol. The van der Waals surface area contributed by atoms with E-state index in [1.165, 1.54) is 23.0 Å². The number of benzene rings is 2. The second-order valence-electron chi connectivity index (χ2n) is 8.14. The third-order valence-corrected chi connectivity index (χ3v) is 7.35. The number of pyridine rings is 1. The Morgan fingerprint density at radius 3 is 2.47 bits per heavy atom. The molecule has 0 atom stereocenters. The number of fused-ring (bicyclic) bond motifs is 1. The molecule has 1 amide bonds. The average Bonchev–Trinajstić information content (AvgIpc) is 3.58. The fourth-order valence-corrected chi connectivity index (χ4v) is 5.43. The van der Waals surface area contributed by atoms with Crippen molar-refractivity contribution < 1.29 is 14.3 Å². The number of aromatic nitrogens is 2. The summed E-state index contributed by atoms with van der Waals surface area (Å²) in [5.41, 5.74) is 2.96. The van der Waals surface area contributed by atoms with E-state index in [2.05, 4.69) is 10.3 Å². The molecule has 5 rings (SSSR count). The SMILES string of the molecule is Cc1ccc(-c2c(C(=O)OCC(=O)Nc3nc(-c4cccs4)cs3)n(C)c(=O)c3ccccc23)cc1. The molecule has 3 aromatic heterocycles. The number of carbonyl (C=O) groups excluding carboxylic acids is 2. The van der Waals surface area contributed by atoms with Crippen LogP contribution in [-0.4, -0.2) is 28.0 Å². The molecule has 0 bridgehead atoms. The molecule has 7 nitrogen and oxygen atoms in total. The highest BCUT2D eigenvalue weighted by atomic mass is 32.1. The lowest BCUT2D eigenvalue weighted by atomic mass is 9.96. The molecule has 0 aliphatic heterocycles. The van der Waals surface area contributed by atoms with Gasteiger partial charge in [-0.25, -0.2) is 9.78 Å². The maximum absolute atomic E-state index is 13.3. The third-order valence-electron chi connectivity index (χ3n) is 5.70. The maximum atomic E-state index is 13.3. The summed E-state index contributed by atoms with van der Waals surface area (Å²) >= 11 is 2.85. The number of amides is 1. The van der Waals surface area contributed by atoms with E-state index < -0.39 is 18.5 Å². The summed E-state index contributed by atoms with van der Waals surface area (Å²) in [6, 6.07) is 18.7. The molecule has 2 aromatic carbocycles. The molecule has 0 saturated carbocycles. The number of aryl methyl sites for hydroxylation is 1. The molecule has 0 spiro atoms. The minimum absolute atomic E-state index is 0.0876. The zero-order chi connectivity index (χ0) is 25.2. The van der Waals surface area contributed by atoms with E-state index in [1.54, 1.807) is 23.5 Å². The zero-order valence-electron chi connectivity index (χ0n) is 19.5. The van der Waals surface area contributed by atoms with E-state index in [1.807, 2.05) is 66.2 Å². The van der Waals surface area contributed by atoms with Gasteiger partial charge in [-0.05, 0) is 35.4 Å². The van der Waals surface area contributed by atoms with E-state index in [-0.39, 0.29) is 11.3 Å². The number of nitrogens with one attached hydrogen (secondary N) is 1. The third kappa shape index (κ3) is 4.58. The smallest absolute Gasteiger partial charge is 0.356 e. The molecule has 9 heteroatoms. The van der Waals surface area contributed by atoms with Gasteiger partial charge >= 0.3 is 5.97 Å². The summed E-state index contributed by atoms with van der Waals surface area (Å²) in [4.78, 5) is 44.2. The van der Waals surface area contributed by atoms with Crippen LogP contribution in [0.2, 0.25) is 0 Å². The standard InChI is InChI=1S/C27H21N3O4S2/c1-16-9-11-17(12-10-16)23-18-6-3-4-7-19(18)25(32)30(2)24(23)26(33)34-14-22(31)29-27-28-20(15-36-27)21-8-5-13-35-21/h3-13,15H,14H2,1-2H3,(H,28,29,31). The number of thiophene rings is 1. The van der Waals surface area contributed by atoms with Crippen LogP contribution in [0.25, 0.3) is 32.5 Å². The first kappa shape index (κ1) is 23.7. The fourth-order valence-electron chi connectivity index (χ4n) is 3.94. The number of carbonyl (C=O) groups is 2. The van der Waals surface area contributed by atoms with Crippen molar-refractivity contribution in [1.82, 2.24) is 9.55 Å². The highest BCUT2D eigenvalue weighted by Crippen LogP contribution is 2.31. The van der Waals surface area contributed by atoms with Crippen LogP contribution in [0, 0.1) is 6.92 Å². The predicted octanol–water partition coefficient (Wildman–Crippen LogP) is 5.49. The van der Waals surface area contributed by atoms with Crippen LogP contribution in [-0.2, 0) is 16.6 Å². The van der Waals surface area contributed by atoms with E-state index in [4.69, 9.17) is 4.74 Å². The first-order valence-corrected chi connectivity index (χ1v) is 12.8. The topological polar surface area (TPSA) is 90.3 Å². The van der Waals surface area contributed by atoms with Crippen molar-refractivity contribution >= 4 is 50.5 Å². The molecule has 0 aliphatic carbocycles. The molecule has 1 N–H and O–H groups in total. The quantitative estimate of drug-likeness (QED) is 0.302. The van der Waals surface area contributed by atoms with Gasteiger partial charge in [0.1, 0.15) is 5.69 Å². The molecule has 0 radical (unpaired) electrons. The van der Waals surface area contributed by atoms with Crippen molar-refractivity contribution in [3.05, 3.63) is 93.0 Å². The van der Waals surface area contributed by atoms with Crippen molar-refractivity contribution in [2.24, 2.45) is 7.05 Å². The highest BCUT2D eigenvalue weighted by Gasteiger charge is 2.23. The van der Waals surface area contributed by atoms with E-state index in [0.29, 0.717) is 21.5 Å². The maximum Gasteiger partial charge on any atom is 0.356 e. The molecule has 0 unspecified atom stereocenters. The lowest BCUT2D eigenvalue weighted by molar-refractivity contribution is -0.119. The first-order chi connectivity index (χ1) is 17.4. The van der Waals surface area contributed by atoms with Crippen molar-refractivity contribution in [2.75, 3.05) is 11.9 Å². The number of anilines is 1. The number of hydrogen-bond acceptors (Lipinski definition) is 7. The predicted molar refractivity (Wildman–Crippen MR) is 144 cm³/mol. The number of ether oxygens (including phenoxy) is 1. The van der Waals surface area contributed by atoms with Crippen LogP contribution in [0.3, 0.4) is 0 Å². The number of hydrogen-bond donors (Lipinski definition) is 1. The number of thiazole rings is 1. The minimum Gasteiger partial charge on any atom is -0.451 e. The van der Waals surface area contributed by atoms with Gasteiger partial charge in [0.05, 0.1) is 10.6 Å². The van der Waals surface area contributed by atoms with Gasteiger partial charge in [0, 0.05) is 23.4 Å². The molecule has 5 aromatic rings. The summed E-state index contributed by atoms with van der Waals surface area (Å²) in [7, 11) is 1.53. The second-order valence-corrected chi connectivity index (χ2v) is 9.94. The Bertz CT molecular complexity index is 1630. The first-order valence-electron chi connectivity index (χ1n) is 11.1. The van der Waals surface area contributed by atoms with E-state index in [9.17, 15) is 14.4 Å². The van der Waals surface area contributed by atoms with E-state index in [0.717, 1.165) is 21.7 Å². The molecular formula is C27H21N3O4S2. The van der Waals surface area contributed by atoms with Gasteiger partial charge in [0.15, 0.2) is 11.7 Å². The molecule has 180 valence electrons. The van der Waals surface area contributed by atoms with Crippen LogP contribution in [0.5, 0.6) is 0 Å². The van der Waals surface area contributed by atoms with Crippen LogP contribution in [0.1, 0.15) is 16.1 Å².